The van der Waals surface area contributed by atoms with Crippen LogP contribution >= 0.6 is 11.6 Å². The third kappa shape index (κ3) is 6.93. The second-order valence-electron chi connectivity index (χ2n) is 8.10. The summed E-state index contributed by atoms with van der Waals surface area (Å²) in [6.45, 7) is 5.20. The minimum atomic E-state index is -1.16. The molecule has 0 saturated heterocycles. The van der Waals surface area contributed by atoms with E-state index < -0.39 is 24.0 Å². The van der Waals surface area contributed by atoms with Crippen LogP contribution in [0.2, 0.25) is 5.02 Å². The molecular weight excluding hydrogens is 452 g/mol. The third-order valence-electron chi connectivity index (χ3n) is 5.26. The van der Waals surface area contributed by atoms with Crippen LogP contribution < -0.4 is 10.6 Å². The number of rotatable bonds is 8. The highest BCUT2D eigenvalue weighted by atomic mass is 35.5. The van der Waals surface area contributed by atoms with Crippen LogP contribution in [0.3, 0.4) is 0 Å². The van der Waals surface area contributed by atoms with Crippen LogP contribution in [-0.2, 0) is 19.1 Å². The second kappa shape index (κ2) is 11.5. The van der Waals surface area contributed by atoms with E-state index in [1.165, 1.54) is 6.92 Å². The molecule has 0 aliphatic carbocycles. The summed E-state index contributed by atoms with van der Waals surface area (Å²) in [5.41, 5.74) is 3.79. The summed E-state index contributed by atoms with van der Waals surface area (Å²) in [5.74, 6) is -1.38. The molecule has 2 atom stereocenters. The number of benzene rings is 3. The first kappa shape index (κ1) is 25.0. The fourth-order valence-corrected chi connectivity index (χ4v) is 3.63. The molecule has 0 aliphatic heterocycles. The minimum Gasteiger partial charge on any atom is -0.447 e. The van der Waals surface area contributed by atoms with Crippen molar-refractivity contribution >= 4 is 35.1 Å². The minimum absolute atomic E-state index is 0.151. The summed E-state index contributed by atoms with van der Waals surface area (Å²) in [5, 5.41) is 6.18. The predicted octanol–water partition coefficient (Wildman–Crippen LogP) is 5.45. The number of esters is 1. The molecule has 7 heteroatoms. The Morgan fingerprint density at radius 1 is 0.912 bits per heavy atom. The van der Waals surface area contributed by atoms with Crippen LogP contribution in [-0.4, -0.2) is 17.8 Å². The van der Waals surface area contributed by atoms with E-state index in [4.69, 9.17) is 16.3 Å². The van der Waals surface area contributed by atoms with Crippen LogP contribution in [0.25, 0.3) is 0 Å². The summed E-state index contributed by atoms with van der Waals surface area (Å²) < 4.78 is 5.67. The number of ether oxygens (including phenoxy) is 1. The third-order valence-corrected chi connectivity index (χ3v) is 5.51. The van der Waals surface area contributed by atoms with Crippen molar-refractivity contribution in [1.82, 2.24) is 5.32 Å². The lowest BCUT2D eigenvalue weighted by molar-refractivity contribution is -0.155. The molecule has 3 rings (SSSR count). The van der Waals surface area contributed by atoms with Crippen molar-refractivity contribution in [3.63, 3.8) is 0 Å². The van der Waals surface area contributed by atoms with Crippen molar-refractivity contribution in [3.8, 4) is 0 Å². The maximum atomic E-state index is 13.2. The summed E-state index contributed by atoms with van der Waals surface area (Å²) in [6, 6.07) is 20.8. The Bertz CT molecular complexity index is 1160. The lowest BCUT2D eigenvalue weighted by Crippen LogP contribution is -2.31. The first-order valence-electron chi connectivity index (χ1n) is 10.9. The number of hydrogen-bond donors (Lipinski definition) is 2. The average Bonchev–Trinajstić information content (AvgIpc) is 2.80. The first-order valence-corrected chi connectivity index (χ1v) is 11.3. The van der Waals surface area contributed by atoms with Gasteiger partial charge in [0.25, 0.3) is 5.91 Å². The molecule has 2 N–H and O–H groups in total. The molecule has 2 amide bonds. The summed E-state index contributed by atoms with van der Waals surface area (Å²) >= 11 is 5.96. The molecule has 0 radical (unpaired) electrons. The zero-order valence-corrected chi connectivity index (χ0v) is 20.1. The maximum Gasteiger partial charge on any atom is 0.309 e. The second-order valence-corrected chi connectivity index (χ2v) is 8.53. The standard InChI is InChI=1S/C27H27ClN2O4/c1-17-9-10-18(2)23(15-17)30-27(33)26(21-7-5-4-6-8-21)34-25(32)16-24(29-19(3)31)20-11-13-22(28)14-12-20/h4-15,24,26H,16H2,1-3H3,(H,29,31)(H,30,33). The molecule has 34 heavy (non-hydrogen) atoms. The van der Waals surface area contributed by atoms with Gasteiger partial charge in [-0.15, -0.1) is 0 Å². The highest BCUT2D eigenvalue weighted by Crippen LogP contribution is 2.25. The van der Waals surface area contributed by atoms with Gasteiger partial charge in [0, 0.05) is 23.2 Å². The number of carbonyl (C=O) groups excluding carboxylic acids is 3. The highest BCUT2D eigenvalue weighted by molar-refractivity contribution is 6.30. The zero-order chi connectivity index (χ0) is 24.7. The molecule has 0 aliphatic rings. The van der Waals surface area contributed by atoms with Crippen molar-refractivity contribution in [2.24, 2.45) is 0 Å². The number of halogens is 1. The molecule has 2 unspecified atom stereocenters. The van der Waals surface area contributed by atoms with Crippen LogP contribution in [0.4, 0.5) is 5.69 Å². The van der Waals surface area contributed by atoms with Gasteiger partial charge in [-0.2, -0.15) is 0 Å². The van der Waals surface area contributed by atoms with Gasteiger partial charge in [-0.1, -0.05) is 66.2 Å². The topological polar surface area (TPSA) is 84.5 Å². The molecule has 0 fully saturated rings. The lowest BCUT2D eigenvalue weighted by atomic mass is 10.0. The Morgan fingerprint density at radius 2 is 1.59 bits per heavy atom. The van der Waals surface area contributed by atoms with Crippen molar-refractivity contribution in [3.05, 3.63) is 100 Å². The Hall–Kier alpha value is -3.64. The molecular formula is C27H27ClN2O4. The van der Waals surface area contributed by atoms with Gasteiger partial charge in [-0.3, -0.25) is 14.4 Å². The monoisotopic (exact) mass is 478 g/mol. The molecule has 176 valence electrons. The van der Waals surface area contributed by atoms with Crippen LogP contribution in [0.1, 0.15) is 47.7 Å². The number of carbonyl (C=O) groups is 3. The van der Waals surface area contributed by atoms with E-state index >= 15 is 0 Å². The highest BCUT2D eigenvalue weighted by Gasteiger charge is 2.27. The Kier molecular flexibility index (Phi) is 8.44. The lowest BCUT2D eigenvalue weighted by Gasteiger charge is -2.22. The molecule has 0 spiro atoms. The zero-order valence-electron chi connectivity index (χ0n) is 19.3. The van der Waals surface area contributed by atoms with Gasteiger partial charge in [0.2, 0.25) is 12.0 Å². The van der Waals surface area contributed by atoms with Gasteiger partial charge < -0.3 is 15.4 Å². The van der Waals surface area contributed by atoms with Gasteiger partial charge in [0.05, 0.1) is 12.5 Å². The number of nitrogens with one attached hydrogen (secondary N) is 2. The van der Waals surface area contributed by atoms with Crippen molar-refractivity contribution in [2.45, 2.75) is 39.3 Å². The molecule has 0 saturated carbocycles. The summed E-state index contributed by atoms with van der Waals surface area (Å²) in [4.78, 5) is 37.9. The van der Waals surface area contributed by atoms with Crippen LogP contribution in [0.5, 0.6) is 0 Å². The first-order chi connectivity index (χ1) is 16.2. The molecule has 0 heterocycles. The molecule has 6 nitrogen and oxygen atoms in total. The summed E-state index contributed by atoms with van der Waals surface area (Å²) in [7, 11) is 0. The SMILES string of the molecule is CC(=O)NC(CC(=O)OC(C(=O)Nc1cc(C)ccc1C)c1ccccc1)c1ccc(Cl)cc1. The van der Waals surface area contributed by atoms with E-state index in [-0.39, 0.29) is 12.3 Å². The largest absolute Gasteiger partial charge is 0.447 e. The van der Waals surface area contributed by atoms with Gasteiger partial charge >= 0.3 is 5.97 Å². The Labute approximate surface area is 204 Å². The van der Waals surface area contributed by atoms with Crippen molar-refractivity contribution in [1.29, 1.82) is 0 Å². The normalized spacial score (nSPS) is 12.4. The predicted molar refractivity (Wildman–Crippen MR) is 132 cm³/mol. The van der Waals surface area contributed by atoms with Gasteiger partial charge in [0.15, 0.2) is 0 Å². The van der Waals surface area contributed by atoms with Gasteiger partial charge in [-0.05, 0) is 48.7 Å². The van der Waals surface area contributed by atoms with E-state index in [1.54, 1.807) is 48.5 Å². The molecule has 3 aromatic rings. The van der Waals surface area contributed by atoms with E-state index in [0.29, 0.717) is 21.8 Å². The van der Waals surface area contributed by atoms with E-state index in [2.05, 4.69) is 10.6 Å². The quantitative estimate of drug-likeness (QED) is 0.422. The van der Waals surface area contributed by atoms with Gasteiger partial charge in [0.1, 0.15) is 0 Å². The Morgan fingerprint density at radius 3 is 2.24 bits per heavy atom. The number of anilines is 1. The molecule has 0 bridgehead atoms. The van der Waals surface area contributed by atoms with Crippen molar-refractivity contribution < 1.29 is 19.1 Å². The smallest absolute Gasteiger partial charge is 0.309 e. The number of amides is 2. The van der Waals surface area contributed by atoms with Crippen LogP contribution in [0.15, 0.2) is 72.8 Å². The van der Waals surface area contributed by atoms with Crippen molar-refractivity contribution in [2.75, 3.05) is 5.32 Å². The molecule has 3 aromatic carbocycles. The maximum absolute atomic E-state index is 13.2. The number of aryl methyl sites for hydroxylation is 2. The van der Waals surface area contributed by atoms with E-state index in [0.717, 1.165) is 11.1 Å². The van der Waals surface area contributed by atoms with E-state index in [1.807, 2.05) is 38.1 Å². The Balaban J connectivity index is 1.81. The average molecular weight is 479 g/mol. The fourth-order valence-electron chi connectivity index (χ4n) is 3.51. The summed E-state index contributed by atoms with van der Waals surface area (Å²) in [6.07, 6.45) is -1.31. The fraction of sp³-hybridized carbons (Fsp3) is 0.222. The van der Waals surface area contributed by atoms with Crippen LogP contribution in [0, 0.1) is 13.8 Å². The molecule has 0 aromatic heterocycles. The van der Waals surface area contributed by atoms with E-state index in [9.17, 15) is 14.4 Å². The van der Waals surface area contributed by atoms with Gasteiger partial charge in [-0.25, -0.2) is 0 Å². The number of hydrogen-bond acceptors (Lipinski definition) is 4.